The van der Waals surface area contributed by atoms with Crippen LogP contribution >= 0.6 is 35.1 Å². The molecule has 5 heteroatoms. The van der Waals surface area contributed by atoms with Crippen molar-refractivity contribution in [2.24, 2.45) is 0 Å². The molecule has 0 fully saturated rings. The summed E-state index contributed by atoms with van der Waals surface area (Å²) in [5, 5.41) is 3.73. The molecular weight excluding hydrogens is 358 g/mol. The van der Waals surface area contributed by atoms with Crippen molar-refractivity contribution in [2.45, 2.75) is 18.4 Å². The molecular formula is C19H22ClNOS2. The standard InChI is InChI=1S/C19H22ClNOS2/c1-15-5-4-6-16(11-15)12-23-10-9-21-19(22)14-24-13-17-7-2-3-8-18(17)20/h2-8,11H,9-10,12-14H2,1H3,(H,21,22). The lowest BCUT2D eigenvalue weighted by molar-refractivity contribution is -0.118. The Bertz CT molecular complexity index is 663. The molecule has 2 aromatic rings. The van der Waals surface area contributed by atoms with Gasteiger partial charge in [-0.15, -0.1) is 11.8 Å². The predicted molar refractivity (Wildman–Crippen MR) is 108 cm³/mol. The first kappa shape index (κ1) is 19.2. The fraction of sp³-hybridized carbons (Fsp3) is 0.316. The number of benzene rings is 2. The number of carbonyl (C=O) groups excluding carboxylic acids is 1. The van der Waals surface area contributed by atoms with E-state index >= 15 is 0 Å². The van der Waals surface area contributed by atoms with Crippen LogP contribution < -0.4 is 5.32 Å². The lowest BCUT2D eigenvalue weighted by Gasteiger charge is -2.07. The minimum Gasteiger partial charge on any atom is -0.355 e. The zero-order chi connectivity index (χ0) is 17.2. The van der Waals surface area contributed by atoms with Gasteiger partial charge >= 0.3 is 0 Å². The molecule has 1 amide bonds. The molecule has 0 aliphatic carbocycles. The maximum Gasteiger partial charge on any atom is 0.230 e. The topological polar surface area (TPSA) is 29.1 Å². The molecule has 0 saturated carbocycles. The molecule has 0 unspecified atom stereocenters. The summed E-state index contributed by atoms with van der Waals surface area (Å²) in [5.41, 5.74) is 3.70. The molecule has 2 aromatic carbocycles. The van der Waals surface area contributed by atoms with Crippen LogP contribution in [-0.4, -0.2) is 24.0 Å². The van der Waals surface area contributed by atoms with E-state index in [2.05, 4.69) is 36.5 Å². The molecule has 1 N–H and O–H groups in total. The summed E-state index contributed by atoms with van der Waals surface area (Å²) in [4.78, 5) is 11.8. The number of nitrogens with one attached hydrogen (secondary N) is 1. The van der Waals surface area contributed by atoms with E-state index in [0.29, 0.717) is 12.3 Å². The molecule has 0 aliphatic rings. The van der Waals surface area contributed by atoms with Crippen molar-refractivity contribution >= 4 is 41.0 Å². The third-order valence-corrected chi connectivity index (χ3v) is 5.75. The smallest absolute Gasteiger partial charge is 0.230 e. The first-order valence-electron chi connectivity index (χ1n) is 7.86. The van der Waals surface area contributed by atoms with Crippen LogP contribution in [0.2, 0.25) is 5.02 Å². The van der Waals surface area contributed by atoms with Gasteiger partial charge in [0, 0.05) is 28.8 Å². The Hall–Kier alpha value is -1.10. The van der Waals surface area contributed by atoms with Gasteiger partial charge in [0.15, 0.2) is 0 Å². The highest BCUT2D eigenvalue weighted by Gasteiger charge is 2.03. The van der Waals surface area contributed by atoms with Crippen molar-refractivity contribution < 1.29 is 4.79 Å². The van der Waals surface area contributed by atoms with Gasteiger partial charge in [0.05, 0.1) is 5.75 Å². The molecule has 2 nitrogen and oxygen atoms in total. The largest absolute Gasteiger partial charge is 0.355 e. The van der Waals surface area contributed by atoms with Gasteiger partial charge in [0.25, 0.3) is 0 Å². The average Bonchev–Trinajstić information content (AvgIpc) is 2.56. The molecule has 0 saturated heterocycles. The van der Waals surface area contributed by atoms with Gasteiger partial charge in [-0.25, -0.2) is 0 Å². The zero-order valence-corrected chi connectivity index (χ0v) is 16.1. The highest BCUT2D eigenvalue weighted by Crippen LogP contribution is 2.20. The summed E-state index contributed by atoms with van der Waals surface area (Å²) in [6.45, 7) is 2.82. The molecule has 0 aliphatic heterocycles. The Morgan fingerprint density at radius 1 is 1.08 bits per heavy atom. The van der Waals surface area contributed by atoms with Crippen molar-refractivity contribution in [2.75, 3.05) is 18.1 Å². The van der Waals surface area contributed by atoms with Crippen molar-refractivity contribution in [1.29, 1.82) is 0 Å². The first-order chi connectivity index (χ1) is 11.6. The molecule has 0 heterocycles. The van der Waals surface area contributed by atoms with Gasteiger partial charge in [-0.05, 0) is 24.1 Å². The van der Waals surface area contributed by atoms with E-state index in [-0.39, 0.29) is 5.91 Å². The van der Waals surface area contributed by atoms with Gasteiger partial charge < -0.3 is 5.32 Å². The van der Waals surface area contributed by atoms with Gasteiger partial charge in [0.2, 0.25) is 5.91 Å². The number of halogens is 1. The van der Waals surface area contributed by atoms with E-state index in [1.54, 1.807) is 11.8 Å². The lowest BCUT2D eigenvalue weighted by atomic mass is 10.2. The van der Waals surface area contributed by atoms with Crippen LogP contribution in [0.15, 0.2) is 48.5 Å². The van der Waals surface area contributed by atoms with Gasteiger partial charge in [-0.3, -0.25) is 4.79 Å². The second kappa shape index (κ2) is 10.7. The number of hydrogen-bond acceptors (Lipinski definition) is 3. The number of amides is 1. The quantitative estimate of drug-likeness (QED) is 0.626. The number of carbonyl (C=O) groups is 1. The van der Waals surface area contributed by atoms with Gasteiger partial charge in [-0.2, -0.15) is 11.8 Å². The van der Waals surface area contributed by atoms with E-state index in [1.165, 1.54) is 11.1 Å². The van der Waals surface area contributed by atoms with Gasteiger partial charge in [0.1, 0.15) is 0 Å². The van der Waals surface area contributed by atoms with Gasteiger partial charge in [-0.1, -0.05) is 59.6 Å². The second-order valence-corrected chi connectivity index (χ2v) is 7.97. The van der Waals surface area contributed by atoms with Crippen molar-refractivity contribution in [3.8, 4) is 0 Å². The monoisotopic (exact) mass is 379 g/mol. The fourth-order valence-electron chi connectivity index (χ4n) is 2.17. The van der Waals surface area contributed by atoms with Crippen LogP contribution in [-0.2, 0) is 16.3 Å². The highest BCUT2D eigenvalue weighted by atomic mass is 35.5. The Labute approximate surface area is 157 Å². The number of rotatable bonds is 9. The third kappa shape index (κ3) is 7.20. The molecule has 0 spiro atoms. The molecule has 2 rings (SSSR count). The minimum absolute atomic E-state index is 0.0863. The van der Waals surface area contributed by atoms with E-state index < -0.39 is 0 Å². The van der Waals surface area contributed by atoms with Crippen LogP contribution in [0.4, 0.5) is 0 Å². The maximum atomic E-state index is 11.8. The molecule has 24 heavy (non-hydrogen) atoms. The van der Waals surface area contributed by atoms with Crippen LogP contribution in [0.5, 0.6) is 0 Å². The molecule has 0 radical (unpaired) electrons. The molecule has 0 atom stereocenters. The van der Waals surface area contributed by atoms with Crippen molar-refractivity contribution in [3.05, 3.63) is 70.2 Å². The normalized spacial score (nSPS) is 10.6. The van der Waals surface area contributed by atoms with E-state index in [1.807, 2.05) is 36.0 Å². The first-order valence-corrected chi connectivity index (χ1v) is 10.5. The average molecular weight is 380 g/mol. The third-order valence-electron chi connectivity index (χ3n) is 3.37. The maximum absolute atomic E-state index is 11.8. The van der Waals surface area contributed by atoms with Crippen LogP contribution in [0.3, 0.4) is 0 Å². The summed E-state index contributed by atoms with van der Waals surface area (Å²) in [7, 11) is 0. The second-order valence-electron chi connectivity index (χ2n) is 5.48. The van der Waals surface area contributed by atoms with E-state index in [0.717, 1.165) is 27.8 Å². The molecule has 128 valence electrons. The van der Waals surface area contributed by atoms with E-state index in [9.17, 15) is 4.79 Å². The SMILES string of the molecule is Cc1cccc(CSCCNC(=O)CSCc2ccccc2Cl)c1. The Morgan fingerprint density at radius 3 is 2.71 bits per heavy atom. The predicted octanol–water partition coefficient (Wildman–Crippen LogP) is 4.93. The van der Waals surface area contributed by atoms with E-state index in [4.69, 9.17) is 11.6 Å². The van der Waals surface area contributed by atoms with Crippen LogP contribution in [0.1, 0.15) is 16.7 Å². The summed E-state index contributed by atoms with van der Waals surface area (Å²) in [6, 6.07) is 16.3. The number of hydrogen-bond donors (Lipinski definition) is 1. The Kier molecular flexibility index (Phi) is 8.57. The van der Waals surface area contributed by atoms with Crippen molar-refractivity contribution in [1.82, 2.24) is 5.32 Å². The fourth-order valence-corrected chi connectivity index (χ4v) is 4.12. The summed E-state index contributed by atoms with van der Waals surface area (Å²) in [6.07, 6.45) is 0. The van der Waals surface area contributed by atoms with Crippen molar-refractivity contribution in [3.63, 3.8) is 0 Å². The number of aryl methyl sites for hydroxylation is 1. The Balaban J connectivity index is 1.54. The number of thioether (sulfide) groups is 2. The Morgan fingerprint density at radius 2 is 1.92 bits per heavy atom. The summed E-state index contributed by atoms with van der Waals surface area (Å²) >= 11 is 9.53. The summed E-state index contributed by atoms with van der Waals surface area (Å²) in [5.74, 6) is 3.22. The molecule has 0 aromatic heterocycles. The highest BCUT2D eigenvalue weighted by molar-refractivity contribution is 7.99. The molecule has 0 bridgehead atoms. The zero-order valence-electron chi connectivity index (χ0n) is 13.8. The summed E-state index contributed by atoms with van der Waals surface area (Å²) < 4.78 is 0. The lowest BCUT2D eigenvalue weighted by Crippen LogP contribution is -2.27. The van der Waals surface area contributed by atoms with Crippen LogP contribution in [0.25, 0.3) is 0 Å². The van der Waals surface area contributed by atoms with Crippen LogP contribution in [0, 0.1) is 6.92 Å². The minimum atomic E-state index is 0.0863.